The predicted octanol–water partition coefficient (Wildman–Crippen LogP) is 2.98. The highest BCUT2D eigenvalue weighted by Gasteiger charge is 2.40. The Labute approximate surface area is 197 Å². The molecule has 2 N–H and O–H groups in total. The van der Waals surface area contributed by atoms with Crippen molar-refractivity contribution in [2.24, 2.45) is 11.7 Å². The predicted molar refractivity (Wildman–Crippen MR) is 122 cm³/mol. The van der Waals surface area contributed by atoms with E-state index in [1.54, 1.807) is 11.3 Å². The van der Waals surface area contributed by atoms with Crippen molar-refractivity contribution >= 4 is 39.2 Å². The summed E-state index contributed by atoms with van der Waals surface area (Å²) < 4.78 is 40.9. The number of thiophene rings is 1. The Bertz CT molecular complexity index is 1220. The van der Waals surface area contributed by atoms with Crippen molar-refractivity contribution in [1.29, 1.82) is 0 Å². The zero-order chi connectivity index (χ0) is 24.0. The van der Waals surface area contributed by atoms with Crippen molar-refractivity contribution in [2.45, 2.75) is 51.9 Å². The van der Waals surface area contributed by atoms with Crippen molar-refractivity contribution in [3.8, 4) is 0 Å². The lowest BCUT2D eigenvalue weighted by molar-refractivity contribution is -0.147. The molecule has 0 aromatic carbocycles. The summed E-state index contributed by atoms with van der Waals surface area (Å²) in [7, 11) is 0. The van der Waals surface area contributed by atoms with Crippen molar-refractivity contribution < 1.29 is 18.0 Å². The number of carbonyl (C=O) groups excluding carboxylic acids is 1. The average Bonchev–Trinajstić information content (AvgIpc) is 3.49. The van der Waals surface area contributed by atoms with Gasteiger partial charge < -0.3 is 20.1 Å². The number of primary amides is 1. The Morgan fingerprint density at radius 3 is 2.76 bits per heavy atom. The van der Waals surface area contributed by atoms with Gasteiger partial charge in [-0.3, -0.25) is 4.79 Å². The highest BCUT2D eigenvalue weighted by atomic mass is 32.1. The molecule has 0 unspecified atom stereocenters. The molecule has 5 heterocycles. The summed E-state index contributed by atoms with van der Waals surface area (Å²) in [5, 5.41) is 8.09. The summed E-state index contributed by atoms with van der Waals surface area (Å²) in [6.07, 6.45) is -1.46. The fraction of sp³-hybridized carbons (Fsp3) is 0.571. The minimum Gasteiger partial charge on any atom is -0.370 e. The first-order valence-corrected chi connectivity index (χ1v) is 12.1. The van der Waals surface area contributed by atoms with Gasteiger partial charge in [-0.25, -0.2) is 4.98 Å². The zero-order valence-electron chi connectivity index (χ0n) is 18.7. The van der Waals surface area contributed by atoms with Crippen LogP contribution in [0.2, 0.25) is 0 Å². The van der Waals surface area contributed by atoms with E-state index in [9.17, 15) is 18.0 Å². The maximum Gasteiger partial charge on any atom is 0.451 e. The Balaban J connectivity index is 1.49. The van der Waals surface area contributed by atoms with Crippen LogP contribution in [0.4, 0.5) is 24.9 Å². The number of fused-ring (bicyclic) bond motifs is 2. The van der Waals surface area contributed by atoms with E-state index >= 15 is 0 Å². The number of anilines is 2. The summed E-state index contributed by atoms with van der Waals surface area (Å²) in [6.45, 7) is 4.13. The van der Waals surface area contributed by atoms with Crippen LogP contribution >= 0.6 is 11.3 Å². The number of nitrogens with zero attached hydrogens (tertiary/aromatic N) is 7. The number of aryl methyl sites for hydroxylation is 1. The lowest BCUT2D eigenvalue weighted by atomic mass is 10.1. The number of hydrogen-bond acceptors (Lipinski definition) is 8. The molecule has 3 aromatic heterocycles. The quantitative estimate of drug-likeness (QED) is 0.562. The molecule has 0 aliphatic carbocycles. The number of halogens is 3. The van der Waals surface area contributed by atoms with Crippen LogP contribution in [0.25, 0.3) is 10.2 Å². The number of alkyl halides is 3. The lowest BCUT2D eigenvalue weighted by Gasteiger charge is -2.30. The molecule has 1 fully saturated rings. The number of hydrogen-bond donors (Lipinski definition) is 1. The molecule has 0 radical (unpaired) electrons. The fourth-order valence-corrected chi connectivity index (χ4v) is 5.83. The van der Waals surface area contributed by atoms with Gasteiger partial charge in [-0.15, -0.1) is 21.5 Å². The molecule has 0 bridgehead atoms. The fourth-order valence-electron chi connectivity index (χ4n) is 4.71. The summed E-state index contributed by atoms with van der Waals surface area (Å²) in [4.78, 5) is 27.1. The molecule has 0 saturated carbocycles. The van der Waals surface area contributed by atoms with Crippen LogP contribution in [0.15, 0.2) is 6.07 Å². The standard InChI is InChI=1S/C21H25F3N8OS/c1-2-3-13-9-14-17(30-6-7-32-16(11-30)28-29-19(32)21(22,23)24)26-20(27-18(14)34-13)31-5-4-12(10-31)8-15(25)33/h9,12H,2-8,10-11H2,1H3,(H2,25,33)/t12-/m1/s1. The summed E-state index contributed by atoms with van der Waals surface area (Å²) >= 11 is 1.62. The van der Waals surface area contributed by atoms with E-state index in [4.69, 9.17) is 15.7 Å². The summed E-state index contributed by atoms with van der Waals surface area (Å²) in [5.41, 5.74) is 5.37. The van der Waals surface area contributed by atoms with Gasteiger partial charge in [0.15, 0.2) is 5.82 Å². The maximum atomic E-state index is 13.3. The summed E-state index contributed by atoms with van der Waals surface area (Å²) in [6, 6.07) is 2.09. The van der Waals surface area contributed by atoms with Gasteiger partial charge in [-0.1, -0.05) is 13.3 Å². The van der Waals surface area contributed by atoms with Gasteiger partial charge in [-0.2, -0.15) is 18.2 Å². The number of amides is 1. The van der Waals surface area contributed by atoms with E-state index < -0.39 is 12.0 Å². The first-order chi connectivity index (χ1) is 16.2. The van der Waals surface area contributed by atoms with Crippen molar-refractivity contribution in [1.82, 2.24) is 24.7 Å². The molecule has 1 atom stereocenters. The second-order valence-electron chi connectivity index (χ2n) is 8.81. The molecule has 3 aromatic rings. The normalized spacial score (nSPS) is 18.6. The van der Waals surface area contributed by atoms with Crippen LogP contribution in [0, 0.1) is 5.92 Å². The third kappa shape index (κ3) is 4.28. The van der Waals surface area contributed by atoms with Gasteiger partial charge in [0.05, 0.1) is 11.9 Å². The first kappa shape index (κ1) is 22.8. The Morgan fingerprint density at radius 2 is 2.03 bits per heavy atom. The Hall–Kier alpha value is -2.96. The average molecular weight is 495 g/mol. The highest BCUT2D eigenvalue weighted by Crippen LogP contribution is 2.37. The minimum absolute atomic E-state index is 0.119. The van der Waals surface area contributed by atoms with Crippen molar-refractivity contribution in [3.63, 3.8) is 0 Å². The molecule has 1 amide bonds. The molecular formula is C21H25F3N8OS. The molecule has 13 heteroatoms. The van der Waals surface area contributed by atoms with Gasteiger partial charge in [0, 0.05) is 37.5 Å². The second-order valence-corrected chi connectivity index (χ2v) is 9.93. The molecule has 1 saturated heterocycles. The summed E-state index contributed by atoms with van der Waals surface area (Å²) in [5.74, 6) is 0.408. The van der Waals surface area contributed by atoms with Gasteiger partial charge in [0.1, 0.15) is 10.6 Å². The van der Waals surface area contributed by atoms with E-state index in [0.29, 0.717) is 31.3 Å². The third-order valence-electron chi connectivity index (χ3n) is 6.27. The number of rotatable bonds is 6. The van der Waals surface area contributed by atoms with Crippen LogP contribution < -0.4 is 15.5 Å². The molecule has 34 heavy (non-hydrogen) atoms. The van der Waals surface area contributed by atoms with Gasteiger partial charge in [0.25, 0.3) is 0 Å². The Kier molecular flexibility index (Phi) is 5.82. The number of carbonyl (C=O) groups is 1. The molecule has 182 valence electrons. The highest BCUT2D eigenvalue weighted by molar-refractivity contribution is 7.18. The van der Waals surface area contributed by atoms with E-state index in [-0.39, 0.29) is 30.7 Å². The van der Waals surface area contributed by atoms with E-state index in [1.807, 2.05) is 4.90 Å². The molecule has 2 aliphatic heterocycles. The smallest absolute Gasteiger partial charge is 0.370 e. The molecule has 9 nitrogen and oxygen atoms in total. The van der Waals surface area contributed by atoms with Crippen LogP contribution in [-0.2, 0) is 30.5 Å². The van der Waals surface area contributed by atoms with Crippen LogP contribution in [0.1, 0.15) is 42.7 Å². The van der Waals surface area contributed by atoms with Crippen molar-refractivity contribution in [3.05, 3.63) is 22.6 Å². The van der Waals surface area contributed by atoms with Gasteiger partial charge in [0.2, 0.25) is 17.7 Å². The topological polar surface area (TPSA) is 106 Å². The van der Waals surface area contributed by atoms with Crippen LogP contribution in [0.3, 0.4) is 0 Å². The van der Waals surface area contributed by atoms with Crippen LogP contribution in [-0.4, -0.2) is 50.3 Å². The third-order valence-corrected chi connectivity index (χ3v) is 7.36. The molecule has 0 spiro atoms. The van der Waals surface area contributed by atoms with Crippen LogP contribution in [0.5, 0.6) is 0 Å². The van der Waals surface area contributed by atoms with Gasteiger partial charge >= 0.3 is 6.18 Å². The van der Waals surface area contributed by atoms with Gasteiger partial charge in [-0.05, 0) is 24.8 Å². The monoisotopic (exact) mass is 494 g/mol. The van der Waals surface area contributed by atoms with Crippen molar-refractivity contribution in [2.75, 3.05) is 29.4 Å². The molecule has 2 aliphatic rings. The minimum atomic E-state index is -4.54. The Morgan fingerprint density at radius 1 is 1.21 bits per heavy atom. The molecule has 5 rings (SSSR count). The lowest BCUT2D eigenvalue weighted by Crippen LogP contribution is -2.36. The SMILES string of the molecule is CCCc1cc2c(N3CCn4c(nnc4C(F)(F)F)C3)nc(N3CC[C@H](CC(N)=O)C3)nc2s1. The first-order valence-electron chi connectivity index (χ1n) is 11.3. The number of aromatic nitrogens is 5. The van der Waals surface area contributed by atoms with E-state index in [1.165, 1.54) is 4.88 Å². The maximum absolute atomic E-state index is 13.3. The second kappa shape index (κ2) is 8.67. The molecular weight excluding hydrogens is 469 g/mol. The van der Waals surface area contributed by atoms with E-state index in [2.05, 4.69) is 28.1 Å². The van der Waals surface area contributed by atoms with E-state index in [0.717, 1.165) is 40.6 Å². The largest absolute Gasteiger partial charge is 0.451 e. The zero-order valence-corrected chi connectivity index (χ0v) is 19.5. The number of nitrogens with two attached hydrogens (primary N) is 1.